The molecule has 17 heavy (non-hydrogen) atoms. The van der Waals surface area contributed by atoms with Crippen LogP contribution in [-0.2, 0) is 6.54 Å². The highest BCUT2D eigenvalue weighted by Gasteiger charge is 2.25. The third-order valence-corrected chi connectivity index (χ3v) is 3.28. The lowest BCUT2D eigenvalue weighted by molar-refractivity contribution is 0.0690. The van der Waals surface area contributed by atoms with Gasteiger partial charge in [-0.05, 0) is 25.5 Å². The molecule has 0 aromatic carbocycles. The van der Waals surface area contributed by atoms with Gasteiger partial charge in [0.15, 0.2) is 0 Å². The van der Waals surface area contributed by atoms with Crippen LogP contribution in [0.2, 0.25) is 0 Å². The van der Waals surface area contributed by atoms with E-state index in [-0.39, 0.29) is 11.0 Å². The summed E-state index contributed by atoms with van der Waals surface area (Å²) in [4.78, 5) is 13.1. The van der Waals surface area contributed by atoms with Crippen LogP contribution in [0.1, 0.15) is 43.8 Å². The standard InChI is InChI=1S/C13H21NO3/c1-9(13(2,3)4)14(5)8-11-10(12(15)16)6-7-17-11/h6-7,9H,8H2,1-5H3,(H,15,16). The summed E-state index contributed by atoms with van der Waals surface area (Å²) in [5, 5.41) is 8.99. The average molecular weight is 239 g/mol. The van der Waals surface area contributed by atoms with E-state index in [2.05, 4.69) is 32.6 Å². The largest absolute Gasteiger partial charge is 0.478 e. The highest BCUT2D eigenvalue weighted by atomic mass is 16.4. The first-order valence-electron chi connectivity index (χ1n) is 5.73. The van der Waals surface area contributed by atoms with Crippen molar-refractivity contribution in [2.75, 3.05) is 7.05 Å². The molecule has 0 spiro atoms. The summed E-state index contributed by atoms with van der Waals surface area (Å²) in [5.74, 6) is -0.429. The van der Waals surface area contributed by atoms with Crippen molar-refractivity contribution < 1.29 is 14.3 Å². The van der Waals surface area contributed by atoms with Gasteiger partial charge in [-0.15, -0.1) is 0 Å². The summed E-state index contributed by atoms with van der Waals surface area (Å²) in [5.41, 5.74) is 0.392. The maximum Gasteiger partial charge on any atom is 0.339 e. The molecule has 0 amide bonds. The number of carboxylic acid groups (broad SMARTS) is 1. The van der Waals surface area contributed by atoms with Gasteiger partial charge >= 0.3 is 5.97 Å². The predicted molar refractivity (Wildman–Crippen MR) is 66.1 cm³/mol. The molecule has 1 aromatic heterocycles. The molecule has 0 aliphatic heterocycles. The number of carboxylic acids is 1. The summed E-state index contributed by atoms with van der Waals surface area (Å²) in [6.45, 7) is 9.12. The minimum absolute atomic E-state index is 0.144. The van der Waals surface area contributed by atoms with Crippen molar-refractivity contribution >= 4 is 5.97 Å². The Labute approximate surface area is 102 Å². The predicted octanol–water partition coefficient (Wildman–Crippen LogP) is 2.84. The molecule has 0 aliphatic carbocycles. The van der Waals surface area contributed by atoms with Gasteiger partial charge in [-0.2, -0.15) is 0 Å². The van der Waals surface area contributed by atoms with Crippen LogP contribution >= 0.6 is 0 Å². The van der Waals surface area contributed by atoms with E-state index in [4.69, 9.17) is 9.52 Å². The fourth-order valence-corrected chi connectivity index (χ4v) is 1.68. The van der Waals surface area contributed by atoms with Crippen molar-refractivity contribution in [2.24, 2.45) is 5.41 Å². The minimum atomic E-state index is -0.939. The maximum absolute atomic E-state index is 11.0. The minimum Gasteiger partial charge on any atom is -0.478 e. The van der Waals surface area contributed by atoms with Gasteiger partial charge in [0.1, 0.15) is 11.3 Å². The van der Waals surface area contributed by atoms with Crippen LogP contribution in [0.15, 0.2) is 16.7 Å². The van der Waals surface area contributed by atoms with Gasteiger partial charge in [0.05, 0.1) is 12.8 Å². The van der Waals surface area contributed by atoms with E-state index in [9.17, 15) is 4.79 Å². The molecule has 0 bridgehead atoms. The molecule has 0 saturated heterocycles. The molecule has 4 heteroatoms. The lowest BCUT2D eigenvalue weighted by atomic mass is 9.87. The molecular formula is C13H21NO3. The first-order valence-corrected chi connectivity index (χ1v) is 5.73. The van der Waals surface area contributed by atoms with Crippen LogP contribution in [-0.4, -0.2) is 29.1 Å². The van der Waals surface area contributed by atoms with E-state index < -0.39 is 5.97 Å². The second-order valence-corrected chi connectivity index (χ2v) is 5.52. The zero-order valence-corrected chi connectivity index (χ0v) is 11.2. The summed E-state index contributed by atoms with van der Waals surface area (Å²) in [6, 6.07) is 1.82. The Morgan fingerprint density at radius 3 is 2.59 bits per heavy atom. The van der Waals surface area contributed by atoms with Crippen molar-refractivity contribution in [3.05, 3.63) is 23.7 Å². The highest BCUT2D eigenvalue weighted by Crippen LogP contribution is 2.25. The maximum atomic E-state index is 11.0. The smallest absolute Gasteiger partial charge is 0.339 e. The Morgan fingerprint density at radius 1 is 1.53 bits per heavy atom. The Hall–Kier alpha value is -1.29. The van der Waals surface area contributed by atoms with Crippen LogP contribution in [0.4, 0.5) is 0 Å². The van der Waals surface area contributed by atoms with E-state index >= 15 is 0 Å². The van der Waals surface area contributed by atoms with E-state index in [1.165, 1.54) is 12.3 Å². The molecule has 1 rings (SSSR count). The molecule has 1 heterocycles. The Kier molecular flexibility index (Phi) is 3.98. The first kappa shape index (κ1) is 13.8. The van der Waals surface area contributed by atoms with Gasteiger partial charge in [-0.3, -0.25) is 4.90 Å². The highest BCUT2D eigenvalue weighted by molar-refractivity contribution is 5.88. The Bertz CT molecular complexity index is 390. The summed E-state index contributed by atoms with van der Waals surface area (Å²) in [7, 11) is 1.98. The van der Waals surface area contributed by atoms with E-state index in [1.54, 1.807) is 0 Å². The van der Waals surface area contributed by atoms with Crippen molar-refractivity contribution in [1.82, 2.24) is 4.90 Å². The normalized spacial score (nSPS) is 14.0. The summed E-state index contributed by atoms with van der Waals surface area (Å²) >= 11 is 0. The molecular weight excluding hydrogens is 218 g/mol. The van der Waals surface area contributed by atoms with Gasteiger partial charge in [-0.1, -0.05) is 20.8 Å². The second kappa shape index (κ2) is 4.92. The van der Waals surface area contributed by atoms with Crippen LogP contribution in [0.25, 0.3) is 0 Å². The van der Waals surface area contributed by atoms with Crippen LogP contribution < -0.4 is 0 Å². The van der Waals surface area contributed by atoms with Crippen molar-refractivity contribution in [3.8, 4) is 0 Å². The van der Waals surface area contributed by atoms with E-state index in [1.807, 2.05) is 7.05 Å². The number of aromatic carboxylic acids is 1. The van der Waals surface area contributed by atoms with Crippen molar-refractivity contribution in [3.63, 3.8) is 0 Å². The Morgan fingerprint density at radius 2 is 2.12 bits per heavy atom. The number of hydrogen-bond donors (Lipinski definition) is 1. The molecule has 1 unspecified atom stereocenters. The van der Waals surface area contributed by atoms with Gasteiger partial charge < -0.3 is 9.52 Å². The molecule has 96 valence electrons. The zero-order valence-electron chi connectivity index (χ0n) is 11.2. The van der Waals surface area contributed by atoms with Crippen molar-refractivity contribution in [2.45, 2.75) is 40.3 Å². The summed E-state index contributed by atoms with van der Waals surface area (Å²) < 4.78 is 5.24. The Balaban J connectivity index is 2.78. The lowest BCUT2D eigenvalue weighted by Gasteiger charge is -2.34. The fraction of sp³-hybridized carbons (Fsp3) is 0.615. The summed E-state index contributed by atoms with van der Waals surface area (Å²) in [6.07, 6.45) is 1.42. The van der Waals surface area contributed by atoms with Gasteiger partial charge in [0.2, 0.25) is 0 Å². The molecule has 1 aromatic rings. The number of furan rings is 1. The monoisotopic (exact) mass is 239 g/mol. The number of hydrogen-bond acceptors (Lipinski definition) is 3. The molecule has 0 saturated carbocycles. The lowest BCUT2D eigenvalue weighted by Crippen LogP contribution is -2.38. The van der Waals surface area contributed by atoms with E-state index in [0.717, 1.165) is 0 Å². The molecule has 0 aliphatic rings. The second-order valence-electron chi connectivity index (χ2n) is 5.52. The van der Waals surface area contributed by atoms with Crippen molar-refractivity contribution in [1.29, 1.82) is 0 Å². The third-order valence-electron chi connectivity index (χ3n) is 3.28. The third kappa shape index (κ3) is 3.33. The number of rotatable bonds is 4. The average Bonchev–Trinajstić information content (AvgIpc) is 2.63. The number of nitrogens with zero attached hydrogens (tertiary/aromatic N) is 1. The zero-order chi connectivity index (χ0) is 13.2. The molecule has 4 nitrogen and oxygen atoms in total. The van der Waals surface area contributed by atoms with Crippen LogP contribution in [0.3, 0.4) is 0 Å². The topological polar surface area (TPSA) is 53.7 Å². The van der Waals surface area contributed by atoms with Crippen LogP contribution in [0.5, 0.6) is 0 Å². The fourth-order valence-electron chi connectivity index (χ4n) is 1.68. The molecule has 0 radical (unpaired) electrons. The van der Waals surface area contributed by atoms with Crippen LogP contribution in [0, 0.1) is 5.41 Å². The SMILES string of the molecule is CC(N(C)Cc1occc1C(=O)O)C(C)(C)C. The number of carbonyl (C=O) groups is 1. The molecule has 1 N–H and O–H groups in total. The quantitative estimate of drug-likeness (QED) is 0.877. The molecule has 1 atom stereocenters. The van der Waals surface area contributed by atoms with Gasteiger partial charge in [-0.25, -0.2) is 4.79 Å². The first-order chi connectivity index (χ1) is 7.73. The van der Waals surface area contributed by atoms with Gasteiger partial charge in [0.25, 0.3) is 0 Å². The van der Waals surface area contributed by atoms with Gasteiger partial charge in [0, 0.05) is 6.04 Å². The molecule has 0 fully saturated rings. The van der Waals surface area contributed by atoms with E-state index in [0.29, 0.717) is 18.3 Å².